The van der Waals surface area contributed by atoms with Gasteiger partial charge < -0.3 is 16.4 Å². The van der Waals surface area contributed by atoms with E-state index in [1.165, 1.54) is 6.92 Å². The van der Waals surface area contributed by atoms with E-state index in [0.717, 1.165) is 0 Å². The minimum atomic E-state index is -5.01. The fourth-order valence-electron chi connectivity index (χ4n) is 1.87. The molecule has 1 atom stereocenters. The van der Waals surface area contributed by atoms with Crippen LogP contribution in [0.5, 0.6) is 0 Å². The summed E-state index contributed by atoms with van der Waals surface area (Å²) in [5, 5.41) is 4.16. The van der Waals surface area contributed by atoms with Crippen molar-refractivity contribution in [3.05, 3.63) is 29.8 Å². The Bertz CT molecular complexity index is 663. The molecule has 1 rings (SSSR count). The highest BCUT2D eigenvalue weighted by Crippen LogP contribution is 2.14. The number of nitrogens with one attached hydrogen (secondary N) is 2. The second-order valence-electron chi connectivity index (χ2n) is 5.22. The molecular weight excluding hydrogens is 335 g/mol. The molecule has 0 aliphatic heterocycles. The number of amides is 2. The predicted molar refractivity (Wildman–Crippen MR) is 88.3 cm³/mol. The number of nitrogens with two attached hydrogens (primary N) is 1. The monoisotopic (exact) mass is 355 g/mol. The molecule has 0 saturated carbocycles. The fourth-order valence-corrected chi connectivity index (χ4v) is 1.87. The van der Waals surface area contributed by atoms with Gasteiger partial charge in [-0.2, -0.15) is 13.2 Å². The number of unbranched alkanes of at least 4 members (excludes halogenated alkanes) is 1. The lowest BCUT2D eigenvalue weighted by Crippen LogP contribution is -2.50. The van der Waals surface area contributed by atoms with Gasteiger partial charge in [-0.3, -0.25) is 9.59 Å². The Balaban J connectivity index is 2.36. The first-order chi connectivity index (χ1) is 11.8. The van der Waals surface area contributed by atoms with Crippen LogP contribution in [0.4, 0.5) is 18.9 Å². The van der Waals surface area contributed by atoms with Gasteiger partial charge in [-0.05, 0) is 25.0 Å². The number of benzene rings is 1. The topological polar surface area (TPSA) is 84.2 Å². The van der Waals surface area contributed by atoms with Gasteiger partial charge in [0.05, 0.1) is 0 Å². The molecule has 0 spiro atoms. The van der Waals surface area contributed by atoms with Crippen LogP contribution in [0.15, 0.2) is 24.3 Å². The molecule has 0 fully saturated rings. The molecule has 136 valence electrons. The summed E-state index contributed by atoms with van der Waals surface area (Å²) in [4.78, 5) is 22.7. The van der Waals surface area contributed by atoms with Gasteiger partial charge in [0.25, 0.3) is 0 Å². The van der Waals surface area contributed by atoms with E-state index >= 15 is 0 Å². The largest absolute Gasteiger partial charge is 0.471 e. The van der Waals surface area contributed by atoms with Gasteiger partial charge in [0.2, 0.25) is 5.91 Å². The van der Waals surface area contributed by atoms with Crippen molar-refractivity contribution in [3.63, 3.8) is 0 Å². The average Bonchev–Trinajstić information content (AvgIpc) is 2.55. The summed E-state index contributed by atoms with van der Waals surface area (Å²) in [5.74, 6) is 3.04. The Morgan fingerprint density at radius 2 is 1.96 bits per heavy atom. The highest BCUT2D eigenvalue weighted by Gasteiger charge is 2.40. The summed E-state index contributed by atoms with van der Waals surface area (Å²) < 4.78 is 36.6. The Hall–Kier alpha value is -2.69. The number of carbonyl (C=O) groups is 2. The molecule has 0 radical (unpaired) electrons. The van der Waals surface area contributed by atoms with E-state index in [2.05, 4.69) is 17.2 Å². The maximum absolute atomic E-state index is 12.2. The van der Waals surface area contributed by atoms with Gasteiger partial charge >= 0.3 is 12.1 Å². The van der Waals surface area contributed by atoms with Crippen molar-refractivity contribution in [3.8, 4) is 11.8 Å². The number of rotatable bonds is 6. The highest BCUT2D eigenvalue weighted by atomic mass is 19.4. The number of alkyl halides is 3. The first-order valence-corrected chi connectivity index (χ1v) is 7.74. The van der Waals surface area contributed by atoms with Crippen molar-refractivity contribution < 1.29 is 22.8 Å². The van der Waals surface area contributed by atoms with E-state index in [9.17, 15) is 22.8 Å². The Morgan fingerprint density at radius 1 is 1.28 bits per heavy atom. The SMILES string of the molecule is CCC(NC(=O)C(F)(F)F)C(=O)NCCCC#Cc1ccccc1N. The minimum Gasteiger partial charge on any atom is -0.398 e. The Morgan fingerprint density at radius 3 is 2.56 bits per heavy atom. The summed E-state index contributed by atoms with van der Waals surface area (Å²) in [6, 6.07) is 5.94. The summed E-state index contributed by atoms with van der Waals surface area (Å²) in [6.45, 7) is 1.76. The number of halogens is 3. The molecule has 0 heterocycles. The molecule has 0 aliphatic carbocycles. The first kappa shape index (κ1) is 20.4. The van der Waals surface area contributed by atoms with Gasteiger partial charge in [-0.1, -0.05) is 30.9 Å². The number of anilines is 1. The third kappa shape index (κ3) is 7.16. The second-order valence-corrected chi connectivity index (χ2v) is 5.22. The molecule has 0 aromatic heterocycles. The zero-order valence-corrected chi connectivity index (χ0v) is 13.7. The standard InChI is InChI=1S/C17H20F3N3O2/c1-2-14(23-16(25)17(18,19)20)15(24)22-11-7-3-4-8-12-9-5-6-10-13(12)21/h5-6,9-10,14H,2-3,7,11,21H2,1H3,(H,22,24)(H,23,25). The van der Waals surface area contributed by atoms with Gasteiger partial charge in [0.1, 0.15) is 6.04 Å². The van der Waals surface area contributed by atoms with Crippen LogP contribution >= 0.6 is 0 Å². The predicted octanol–water partition coefficient (Wildman–Crippen LogP) is 1.97. The van der Waals surface area contributed by atoms with Crippen LogP contribution in [0.25, 0.3) is 0 Å². The quantitative estimate of drug-likeness (QED) is 0.414. The number of hydrogen-bond acceptors (Lipinski definition) is 3. The van der Waals surface area contributed by atoms with Gasteiger partial charge in [0, 0.05) is 24.2 Å². The van der Waals surface area contributed by atoms with Crippen molar-refractivity contribution in [1.29, 1.82) is 0 Å². The van der Waals surface area contributed by atoms with Crippen LogP contribution in [0, 0.1) is 11.8 Å². The molecule has 1 aromatic carbocycles. The molecular formula is C17H20F3N3O2. The Kier molecular flexibility index (Phi) is 7.79. The number of hydrogen-bond donors (Lipinski definition) is 3. The molecule has 5 nitrogen and oxygen atoms in total. The Labute approximate surface area is 144 Å². The zero-order valence-electron chi connectivity index (χ0n) is 13.7. The van der Waals surface area contributed by atoms with Crippen LogP contribution in [-0.2, 0) is 9.59 Å². The summed E-state index contributed by atoms with van der Waals surface area (Å²) in [6.07, 6.45) is -3.95. The molecule has 0 aliphatic rings. The van der Waals surface area contributed by atoms with Crippen LogP contribution in [-0.4, -0.2) is 30.6 Å². The smallest absolute Gasteiger partial charge is 0.398 e. The lowest BCUT2D eigenvalue weighted by Gasteiger charge is -2.17. The summed E-state index contributed by atoms with van der Waals surface area (Å²) >= 11 is 0. The van der Waals surface area contributed by atoms with Gasteiger partial charge in [-0.25, -0.2) is 0 Å². The van der Waals surface area contributed by atoms with Crippen LogP contribution < -0.4 is 16.4 Å². The number of para-hydroxylation sites is 1. The fraction of sp³-hybridized carbons (Fsp3) is 0.412. The number of carbonyl (C=O) groups excluding carboxylic acids is 2. The molecule has 1 aromatic rings. The van der Waals surface area contributed by atoms with Crippen molar-refractivity contribution in [1.82, 2.24) is 10.6 Å². The van der Waals surface area contributed by atoms with Crippen LogP contribution in [0.1, 0.15) is 31.7 Å². The van der Waals surface area contributed by atoms with E-state index in [0.29, 0.717) is 24.1 Å². The average molecular weight is 355 g/mol. The van der Waals surface area contributed by atoms with Gasteiger partial charge in [0.15, 0.2) is 0 Å². The second kappa shape index (κ2) is 9.57. The molecule has 25 heavy (non-hydrogen) atoms. The minimum absolute atomic E-state index is 0.0563. The normalized spacial score (nSPS) is 11.8. The van der Waals surface area contributed by atoms with E-state index in [-0.39, 0.29) is 13.0 Å². The lowest BCUT2D eigenvalue weighted by molar-refractivity contribution is -0.174. The van der Waals surface area contributed by atoms with Crippen LogP contribution in [0.3, 0.4) is 0 Å². The summed E-state index contributed by atoms with van der Waals surface area (Å²) in [5.41, 5.74) is 7.04. The van der Waals surface area contributed by atoms with E-state index in [1.54, 1.807) is 23.5 Å². The summed E-state index contributed by atoms with van der Waals surface area (Å²) in [7, 11) is 0. The zero-order chi connectivity index (χ0) is 18.9. The third-order valence-corrected chi connectivity index (χ3v) is 3.25. The van der Waals surface area contributed by atoms with Crippen molar-refractivity contribution in [2.75, 3.05) is 12.3 Å². The third-order valence-electron chi connectivity index (χ3n) is 3.25. The first-order valence-electron chi connectivity index (χ1n) is 7.74. The van der Waals surface area contributed by atoms with Crippen LogP contribution in [0.2, 0.25) is 0 Å². The maximum atomic E-state index is 12.2. The molecule has 2 amide bonds. The maximum Gasteiger partial charge on any atom is 0.471 e. The number of nitrogen functional groups attached to an aromatic ring is 1. The molecule has 8 heteroatoms. The van der Waals surface area contributed by atoms with E-state index in [4.69, 9.17) is 5.73 Å². The van der Waals surface area contributed by atoms with E-state index in [1.807, 2.05) is 6.07 Å². The van der Waals surface area contributed by atoms with E-state index < -0.39 is 24.0 Å². The molecule has 4 N–H and O–H groups in total. The highest BCUT2D eigenvalue weighted by molar-refractivity contribution is 5.89. The molecule has 0 saturated heterocycles. The van der Waals surface area contributed by atoms with Crippen molar-refractivity contribution in [2.45, 2.75) is 38.4 Å². The van der Waals surface area contributed by atoms with Crippen molar-refractivity contribution in [2.24, 2.45) is 0 Å². The molecule has 0 bridgehead atoms. The van der Waals surface area contributed by atoms with Gasteiger partial charge in [-0.15, -0.1) is 0 Å². The molecule has 1 unspecified atom stereocenters. The van der Waals surface area contributed by atoms with Crippen molar-refractivity contribution >= 4 is 17.5 Å². The lowest BCUT2D eigenvalue weighted by atomic mass is 10.2.